The van der Waals surface area contributed by atoms with Crippen LogP contribution in [-0.4, -0.2) is 34.4 Å². The van der Waals surface area contributed by atoms with Crippen LogP contribution in [0.1, 0.15) is 201 Å². The number of hydrogen-bond acceptors (Lipinski definition) is 8. The summed E-state index contributed by atoms with van der Waals surface area (Å²) in [5.41, 5.74) is -9.08. The Morgan fingerprint density at radius 2 is 0.717 bits per heavy atom. The average Bonchev–Trinajstić information content (AvgIpc) is 3.00. The summed E-state index contributed by atoms with van der Waals surface area (Å²) in [6, 6.07) is 0. The summed E-state index contributed by atoms with van der Waals surface area (Å²) >= 11 is 0. The molecule has 0 aliphatic rings. The molecule has 0 rings (SSSR count). The molecule has 0 aromatic rings. The smallest absolute Gasteiger partial charge is 0.144 e. The quantitative estimate of drug-likeness (QED) is 0.0656. The van der Waals surface area contributed by atoms with E-state index in [0.29, 0.717) is 19.3 Å². The van der Waals surface area contributed by atoms with Crippen LogP contribution in [0.2, 0.25) is 0 Å². The minimum atomic E-state index is -3.55. The molecule has 2 unspecified atom stereocenters. The number of rotatable bonds is 33. The zero-order valence-electron chi connectivity index (χ0n) is 29.9. The largest absolute Gasteiger partial charge is 0.549 e. The van der Waals surface area contributed by atoms with Gasteiger partial charge in [0.05, 0.1) is 17.9 Å². The van der Waals surface area contributed by atoms with Gasteiger partial charge in [0.15, 0.2) is 0 Å². The summed E-state index contributed by atoms with van der Waals surface area (Å²) in [6.45, 7) is 7.29. The Morgan fingerprint density at radius 1 is 0.435 bits per heavy atom. The van der Waals surface area contributed by atoms with E-state index >= 15 is 0 Å². The molecule has 46 heavy (non-hydrogen) atoms. The van der Waals surface area contributed by atoms with Crippen LogP contribution < -0.4 is 15.3 Å². The number of aliphatic hydroxyl groups is 1. The first-order valence-corrected chi connectivity index (χ1v) is 18.8. The van der Waals surface area contributed by atoms with E-state index in [0.717, 1.165) is 122 Å². The van der Waals surface area contributed by atoms with Crippen molar-refractivity contribution in [2.45, 2.75) is 207 Å². The molecule has 0 radical (unpaired) electrons. The average molecular weight is 652 g/mol. The first-order valence-electron chi connectivity index (χ1n) is 18.8. The fraction of sp³-hybridized carbons (Fsp3) is 0.895. The number of hydrogen-bond donors (Lipinski definition) is 1. The van der Waals surface area contributed by atoms with Crippen LogP contribution >= 0.6 is 0 Å². The molecular weight excluding hydrogens is 584 g/mol. The highest BCUT2D eigenvalue weighted by Gasteiger charge is 2.66. The maximum Gasteiger partial charge on any atom is 0.144 e. The number of aliphatic carboxylic acids is 3. The van der Waals surface area contributed by atoms with Crippen LogP contribution in [-0.2, 0) is 19.2 Å². The second-order valence-corrected chi connectivity index (χ2v) is 13.8. The summed E-state index contributed by atoms with van der Waals surface area (Å²) in [6.07, 6.45) is 19.3. The van der Waals surface area contributed by atoms with Crippen molar-refractivity contribution in [1.82, 2.24) is 0 Å². The van der Waals surface area contributed by atoms with Gasteiger partial charge >= 0.3 is 0 Å². The summed E-state index contributed by atoms with van der Waals surface area (Å²) in [5, 5.41) is 51.3. The SMILES string of the molecule is CCCCCCCCCCC(CCCCCCCCCC)(C(=O)[O-])C(O)(C(=O)[O-])C(CCCCCCCCCC)(C(C)=O)C(=O)[O-]. The zero-order chi connectivity index (χ0) is 34.9. The number of Topliss-reactive ketones (excluding diaryl/α,β-unsaturated/α-hetero) is 1. The summed E-state index contributed by atoms with van der Waals surface area (Å²) in [7, 11) is 0. The Kier molecular flexibility index (Phi) is 24.0. The number of carboxylic acid groups (broad SMARTS) is 3. The van der Waals surface area contributed by atoms with Crippen LogP contribution in [0.25, 0.3) is 0 Å². The van der Waals surface area contributed by atoms with E-state index in [9.17, 15) is 39.6 Å². The van der Waals surface area contributed by atoms with Crippen LogP contribution in [0.15, 0.2) is 0 Å². The van der Waals surface area contributed by atoms with Gasteiger partial charge in [-0.3, -0.25) is 4.79 Å². The molecule has 0 heterocycles. The Morgan fingerprint density at radius 3 is 0.957 bits per heavy atom. The molecule has 0 spiro atoms. The Balaban J connectivity index is 6.32. The maximum atomic E-state index is 13.3. The molecule has 0 aliphatic carbocycles. The van der Waals surface area contributed by atoms with Gasteiger partial charge in [-0.2, -0.15) is 0 Å². The van der Waals surface area contributed by atoms with E-state index in [1.54, 1.807) is 0 Å². The van der Waals surface area contributed by atoms with E-state index < -0.39 is 46.5 Å². The lowest BCUT2D eigenvalue weighted by Gasteiger charge is -2.58. The molecule has 0 aromatic heterocycles. The Labute approximate surface area is 280 Å². The highest BCUT2D eigenvalue weighted by Crippen LogP contribution is 2.53. The molecule has 0 aliphatic heterocycles. The van der Waals surface area contributed by atoms with Gasteiger partial charge in [0.1, 0.15) is 16.8 Å². The van der Waals surface area contributed by atoms with E-state index in [1.165, 1.54) is 0 Å². The lowest BCUT2D eigenvalue weighted by molar-refractivity contribution is -0.371. The van der Waals surface area contributed by atoms with Gasteiger partial charge in [-0.1, -0.05) is 175 Å². The standard InChI is InChI=1S/C38H70O8/c1-5-8-11-14-17-20-23-26-29-36(33(40)41,30-27-24-21-18-15-12-9-6-2)38(46,35(44)45)37(32(4)39,34(42)43)31-28-25-22-19-16-13-10-7-3/h46H,5-31H2,1-4H3,(H,40,41)(H,42,43)(H,44,45)/p-3. The molecule has 0 fully saturated rings. The fourth-order valence-electron chi connectivity index (χ4n) is 7.27. The van der Waals surface area contributed by atoms with Crippen molar-refractivity contribution in [1.29, 1.82) is 0 Å². The predicted octanol–water partition coefficient (Wildman–Crippen LogP) is 6.12. The highest BCUT2D eigenvalue weighted by atomic mass is 16.4. The second-order valence-electron chi connectivity index (χ2n) is 13.8. The van der Waals surface area contributed by atoms with E-state index in [-0.39, 0.29) is 32.1 Å². The van der Waals surface area contributed by atoms with Crippen molar-refractivity contribution in [3.8, 4) is 0 Å². The lowest BCUT2D eigenvalue weighted by atomic mass is 9.52. The molecule has 0 aromatic carbocycles. The van der Waals surface area contributed by atoms with E-state index in [1.807, 2.05) is 0 Å². The number of unbranched alkanes of at least 4 members (excludes halogenated alkanes) is 21. The van der Waals surface area contributed by atoms with Crippen molar-refractivity contribution in [2.75, 3.05) is 0 Å². The van der Waals surface area contributed by atoms with Crippen LogP contribution in [0.5, 0.6) is 0 Å². The first-order chi connectivity index (χ1) is 22.0. The Bertz CT molecular complexity index is 820. The first kappa shape index (κ1) is 44.0. The van der Waals surface area contributed by atoms with Crippen molar-refractivity contribution >= 4 is 23.7 Å². The summed E-state index contributed by atoms with van der Waals surface area (Å²) < 4.78 is 0. The molecular formula is C38H67O8-3. The van der Waals surface area contributed by atoms with Crippen molar-refractivity contribution in [3.63, 3.8) is 0 Å². The monoisotopic (exact) mass is 651 g/mol. The highest BCUT2D eigenvalue weighted by molar-refractivity contribution is 6.09. The number of carbonyl (C=O) groups is 4. The van der Waals surface area contributed by atoms with Gasteiger partial charge < -0.3 is 34.8 Å². The maximum absolute atomic E-state index is 13.3. The van der Waals surface area contributed by atoms with Crippen molar-refractivity contribution in [3.05, 3.63) is 0 Å². The molecule has 0 saturated carbocycles. The van der Waals surface area contributed by atoms with Gasteiger partial charge in [0.2, 0.25) is 0 Å². The molecule has 2 atom stereocenters. The zero-order valence-corrected chi connectivity index (χ0v) is 29.9. The number of ketones is 1. The topological polar surface area (TPSA) is 158 Å². The lowest BCUT2D eigenvalue weighted by Crippen LogP contribution is -2.77. The van der Waals surface area contributed by atoms with Crippen molar-refractivity contribution < 1.29 is 39.6 Å². The third-order valence-electron chi connectivity index (χ3n) is 10.3. The van der Waals surface area contributed by atoms with Gasteiger partial charge in [0, 0.05) is 5.41 Å². The Hall–Kier alpha value is -1.96. The van der Waals surface area contributed by atoms with Gasteiger partial charge in [0.25, 0.3) is 0 Å². The van der Waals surface area contributed by atoms with Crippen molar-refractivity contribution in [2.24, 2.45) is 10.8 Å². The molecule has 270 valence electrons. The molecule has 1 N–H and O–H groups in total. The fourth-order valence-corrected chi connectivity index (χ4v) is 7.27. The van der Waals surface area contributed by atoms with Gasteiger partial charge in [-0.15, -0.1) is 0 Å². The molecule has 0 saturated heterocycles. The van der Waals surface area contributed by atoms with Gasteiger partial charge in [-0.25, -0.2) is 0 Å². The van der Waals surface area contributed by atoms with Crippen LogP contribution in [0.3, 0.4) is 0 Å². The molecule has 0 amide bonds. The van der Waals surface area contributed by atoms with E-state index in [4.69, 9.17) is 0 Å². The predicted molar refractivity (Wildman–Crippen MR) is 177 cm³/mol. The van der Waals surface area contributed by atoms with Gasteiger partial charge in [-0.05, 0) is 26.2 Å². The van der Waals surface area contributed by atoms with Crippen LogP contribution in [0, 0.1) is 10.8 Å². The number of carbonyl (C=O) groups excluding carboxylic acids is 4. The van der Waals surface area contributed by atoms with E-state index in [2.05, 4.69) is 20.8 Å². The normalized spacial score (nSPS) is 14.5. The summed E-state index contributed by atoms with van der Waals surface area (Å²) in [4.78, 5) is 52.4. The third-order valence-corrected chi connectivity index (χ3v) is 10.3. The number of carboxylic acids is 3. The molecule has 0 bridgehead atoms. The van der Waals surface area contributed by atoms with Crippen LogP contribution in [0.4, 0.5) is 0 Å². The molecule has 8 heteroatoms. The minimum Gasteiger partial charge on any atom is -0.549 e. The minimum absolute atomic E-state index is 0.121. The third kappa shape index (κ3) is 13.3. The summed E-state index contributed by atoms with van der Waals surface area (Å²) in [5.74, 6) is -7.34. The molecule has 8 nitrogen and oxygen atoms in total. The second kappa shape index (κ2) is 25.1.